The van der Waals surface area contributed by atoms with E-state index in [1.54, 1.807) is 17.0 Å². The van der Waals surface area contributed by atoms with Gasteiger partial charge in [-0.1, -0.05) is 0 Å². The van der Waals surface area contributed by atoms with E-state index in [0.717, 1.165) is 5.69 Å². The Labute approximate surface area is 135 Å². The lowest BCUT2D eigenvalue weighted by atomic mass is 10.0. The lowest BCUT2D eigenvalue weighted by molar-refractivity contribution is -0.127. The smallest absolute Gasteiger partial charge is 0.227 e. The lowest BCUT2D eigenvalue weighted by Crippen LogP contribution is -2.44. The zero-order valence-corrected chi connectivity index (χ0v) is 13.7. The quantitative estimate of drug-likeness (QED) is 0.901. The minimum Gasteiger partial charge on any atom is -0.486 e. The van der Waals surface area contributed by atoms with Crippen molar-refractivity contribution in [3.8, 4) is 11.5 Å². The average Bonchev–Trinajstić information content (AvgIpc) is 2.87. The van der Waals surface area contributed by atoms with Gasteiger partial charge in [0.1, 0.15) is 13.2 Å². The molecule has 0 aromatic heterocycles. The fourth-order valence-electron chi connectivity index (χ4n) is 2.80. The molecule has 2 aliphatic heterocycles. The van der Waals surface area contributed by atoms with Crippen LogP contribution in [0.15, 0.2) is 18.2 Å². The van der Waals surface area contributed by atoms with Crippen molar-refractivity contribution < 1.29 is 19.1 Å². The summed E-state index contributed by atoms with van der Waals surface area (Å²) in [6.07, 6.45) is 0.232. The molecule has 1 N–H and O–H groups in total. The van der Waals surface area contributed by atoms with Crippen LogP contribution in [0.3, 0.4) is 0 Å². The summed E-state index contributed by atoms with van der Waals surface area (Å²) in [4.78, 5) is 26.2. The number of amides is 2. The molecule has 1 fully saturated rings. The first kappa shape index (κ1) is 15.6. The van der Waals surface area contributed by atoms with Crippen LogP contribution in [-0.4, -0.2) is 37.1 Å². The molecular weight excluding hydrogens is 296 g/mol. The Hall–Kier alpha value is -2.24. The second-order valence-electron chi connectivity index (χ2n) is 6.97. The number of ether oxygens (including phenoxy) is 2. The number of carbonyl (C=O) groups excluding carboxylic acids is 2. The minimum atomic E-state index is -0.324. The average molecular weight is 318 g/mol. The van der Waals surface area contributed by atoms with Gasteiger partial charge in [-0.25, -0.2) is 0 Å². The maximum atomic E-state index is 12.3. The van der Waals surface area contributed by atoms with Crippen LogP contribution in [0.1, 0.15) is 27.2 Å². The number of hydrogen-bond acceptors (Lipinski definition) is 4. The molecule has 2 heterocycles. The van der Waals surface area contributed by atoms with Crippen LogP contribution >= 0.6 is 0 Å². The monoisotopic (exact) mass is 318 g/mol. The van der Waals surface area contributed by atoms with Crippen LogP contribution in [-0.2, 0) is 9.59 Å². The Morgan fingerprint density at radius 3 is 2.61 bits per heavy atom. The molecule has 6 nitrogen and oxygen atoms in total. The second kappa shape index (κ2) is 5.76. The number of anilines is 1. The maximum Gasteiger partial charge on any atom is 0.227 e. The normalized spacial score (nSPS) is 20.6. The van der Waals surface area contributed by atoms with Gasteiger partial charge in [0, 0.05) is 30.3 Å². The largest absolute Gasteiger partial charge is 0.486 e. The fourth-order valence-corrected chi connectivity index (χ4v) is 2.80. The highest BCUT2D eigenvalue weighted by Crippen LogP contribution is 2.36. The van der Waals surface area contributed by atoms with E-state index in [2.05, 4.69) is 5.32 Å². The van der Waals surface area contributed by atoms with Crippen LogP contribution in [0.4, 0.5) is 5.69 Å². The summed E-state index contributed by atoms with van der Waals surface area (Å²) in [6, 6.07) is 5.44. The first-order chi connectivity index (χ1) is 10.8. The molecule has 2 amide bonds. The molecule has 1 saturated heterocycles. The molecule has 6 heteroatoms. The van der Waals surface area contributed by atoms with E-state index in [1.807, 2.05) is 26.8 Å². The van der Waals surface area contributed by atoms with E-state index in [9.17, 15) is 9.59 Å². The third kappa shape index (κ3) is 3.41. The van der Waals surface area contributed by atoms with Crippen molar-refractivity contribution in [2.24, 2.45) is 5.92 Å². The summed E-state index contributed by atoms with van der Waals surface area (Å²) in [6.45, 7) is 7.21. The Morgan fingerprint density at radius 1 is 1.22 bits per heavy atom. The van der Waals surface area contributed by atoms with E-state index < -0.39 is 0 Å². The highest BCUT2D eigenvalue weighted by molar-refractivity contribution is 6.00. The molecule has 2 aliphatic rings. The Kier molecular flexibility index (Phi) is 3.92. The van der Waals surface area contributed by atoms with Gasteiger partial charge in [0.15, 0.2) is 11.5 Å². The van der Waals surface area contributed by atoms with E-state index in [1.165, 1.54) is 0 Å². The number of hydrogen-bond donors (Lipinski definition) is 1. The highest BCUT2D eigenvalue weighted by atomic mass is 16.6. The molecular formula is C17H22N2O4. The molecule has 1 aromatic rings. The molecule has 0 spiro atoms. The van der Waals surface area contributed by atoms with Gasteiger partial charge >= 0.3 is 0 Å². The van der Waals surface area contributed by atoms with Crippen molar-refractivity contribution in [3.05, 3.63) is 18.2 Å². The summed E-state index contributed by atoms with van der Waals surface area (Å²) < 4.78 is 11.0. The van der Waals surface area contributed by atoms with Crippen LogP contribution in [0.5, 0.6) is 11.5 Å². The number of nitrogens with zero attached hydrogens (tertiary/aromatic N) is 1. The van der Waals surface area contributed by atoms with Gasteiger partial charge in [0.25, 0.3) is 0 Å². The molecule has 23 heavy (non-hydrogen) atoms. The molecule has 0 unspecified atom stereocenters. The van der Waals surface area contributed by atoms with Crippen molar-refractivity contribution >= 4 is 17.5 Å². The van der Waals surface area contributed by atoms with Gasteiger partial charge in [0.2, 0.25) is 11.8 Å². The number of rotatable bonds is 2. The molecule has 1 atom stereocenters. The second-order valence-corrected chi connectivity index (χ2v) is 6.97. The van der Waals surface area contributed by atoms with Crippen molar-refractivity contribution in [1.82, 2.24) is 5.32 Å². The van der Waals surface area contributed by atoms with E-state index in [-0.39, 0.29) is 29.7 Å². The third-order valence-electron chi connectivity index (χ3n) is 3.83. The van der Waals surface area contributed by atoms with Crippen molar-refractivity contribution in [3.63, 3.8) is 0 Å². The van der Waals surface area contributed by atoms with Gasteiger partial charge in [-0.05, 0) is 32.9 Å². The van der Waals surface area contributed by atoms with Crippen molar-refractivity contribution in [2.75, 3.05) is 24.7 Å². The minimum absolute atomic E-state index is 0.0456. The van der Waals surface area contributed by atoms with E-state index >= 15 is 0 Å². The molecule has 0 saturated carbocycles. The molecule has 124 valence electrons. The summed E-state index contributed by atoms with van der Waals surface area (Å²) in [5.74, 6) is 0.884. The summed E-state index contributed by atoms with van der Waals surface area (Å²) in [5.41, 5.74) is 0.440. The number of benzene rings is 1. The highest BCUT2D eigenvalue weighted by Gasteiger charge is 2.36. The summed E-state index contributed by atoms with van der Waals surface area (Å²) in [7, 11) is 0. The molecule has 3 rings (SSSR count). The molecule has 0 bridgehead atoms. The Balaban J connectivity index is 1.74. The topological polar surface area (TPSA) is 67.9 Å². The zero-order chi connectivity index (χ0) is 16.6. The maximum absolute atomic E-state index is 12.3. The number of nitrogens with one attached hydrogen (secondary N) is 1. The number of fused-ring (bicyclic) bond motifs is 1. The van der Waals surface area contributed by atoms with Crippen LogP contribution in [0.2, 0.25) is 0 Å². The fraction of sp³-hybridized carbons (Fsp3) is 0.529. The summed E-state index contributed by atoms with van der Waals surface area (Å²) in [5, 5.41) is 2.94. The lowest BCUT2D eigenvalue weighted by Gasteiger charge is -2.24. The van der Waals surface area contributed by atoms with Gasteiger partial charge in [-0.2, -0.15) is 0 Å². The van der Waals surface area contributed by atoms with Crippen LogP contribution in [0.25, 0.3) is 0 Å². The van der Waals surface area contributed by atoms with E-state index in [0.29, 0.717) is 31.3 Å². The van der Waals surface area contributed by atoms with Crippen LogP contribution in [0, 0.1) is 5.92 Å². The molecule has 0 radical (unpaired) electrons. The van der Waals surface area contributed by atoms with Crippen molar-refractivity contribution in [2.45, 2.75) is 32.7 Å². The molecule has 1 aromatic carbocycles. The standard InChI is InChI=1S/C17H22N2O4/c1-17(2,3)18-16(21)11-8-15(20)19(10-11)12-4-5-13-14(9-12)23-7-6-22-13/h4-5,9,11H,6-8,10H2,1-3H3,(H,18,21)/t11-/m1/s1. The summed E-state index contributed by atoms with van der Waals surface area (Å²) >= 11 is 0. The Bertz CT molecular complexity index is 636. The van der Waals surface area contributed by atoms with Gasteiger partial charge in [-0.15, -0.1) is 0 Å². The van der Waals surface area contributed by atoms with E-state index in [4.69, 9.17) is 9.47 Å². The predicted octanol–water partition coefficient (Wildman–Crippen LogP) is 1.73. The first-order valence-electron chi connectivity index (χ1n) is 7.85. The first-order valence-corrected chi connectivity index (χ1v) is 7.85. The van der Waals surface area contributed by atoms with Crippen molar-refractivity contribution in [1.29, 1.82) is 0 Å². The third-order valence-corrected chi connectivity index (χ3v) is 3.83. The van der Waals surface area contributed by atoms with Crippen LogP contribution < -0.4 is 19.7 Å². The van der Waals surface area contributed by atoms with Gasteiger partial charge < -0.3 is 19.7 Å². The predicted molar refractivity (Wildman–Crippen MR) is 85.8 cm³/mol. The SMILES string of the molecule is CC(C)(C)NC(=O)[C@@H]1CC(=O)N(c2ccc3c(c2)OCCO3)C1. The molecule has 0 aliphatic carbocycles. The van der Waals surface area contributed by atoms with Gasteiger partial charge in [-0.3, -0.25) is 9.59 Å². The number of carbonyl (C=O) groups is 2. The zero-order valence-electron chi connectivity index (χ0n) is 13.7. The Morgan fingerprint density at radius 2 is 1.91 bits per heavy atom. The van der Waals surface area contributed by atoms with Gasteiger partial charge in [0.05, 0.1) is 5.92 Å².